The van der Waals surface area contributed by atoms with Gasteiger partial charge in [-0.3, -0.25) is 4.79 Å². The van der Waals surface area contributed by atoms with Gasteiger partial charge in [-0.15, -0.1) is 0 Å². The summed E-state index contributed by atoms with van der Waals surface area (Å²) in [4.78, 5) is 13.5. The molecule has 0 aromatic rings. The van der Waals surface area contributed by atoms with Crippen LogP contribution in [0.5, 0.6) is 0 Å². The first kappa shape index (κ1) is 23.9. The summed E-state index contributed by atoms with van der Waals surface area (Å²) in [6.07, 6.45) is 4.01. The molecule has 4 heteroatoms. The maximum atomic E-state index is 13.5. The van der Waals surface area contributed by atoms with Crippen LogP contribution in [0.4, 0.5) is 0 Å². The number of carbonyl (C=O) groups is 1. The molecule has 2 fully saturated rings. The fourth-order valence-electron chi connectivity index (χ4n) is 7.20. The van der Waals surface area contributed by atoms with Gasteiger partial charge < -0.3 is 14.9 Å². The highest BCUT2D eigenvalue weighted by Crippen LogP contribution is 2.60. The van der Waals surface area contributed by atoms with Crippen molar-refractivity contribution >= 4 is 5.78 Å². The number of carbonyl (C=O) groups excluding carboxylic acids is 1. The van der Waals surface area contributed by atoms with E-state index in [1.165, 1.54) is 5.57 Å². The quantitative estimate of drug-likeness (QED) is 0.629. The average Bonchev–Trinajstić information content (AvgIpc) is 2.61. The minimum Gasteiger partial charge on any atom is -0.389 e. The number of ether oxygens (including phenoxy) is 1. The van der Waals surface area contributed by atoms with Crippen molar-refractivity contribution in [3.8, 4) is 0 Å². The Morgan fingerprint density at radius 1 is 1.20 bits per heavy atom. The zero-order valence-corrected chi connectivity index (χ0v) is 20.6. The molecule has 1 aliphatic heterocycles. The van der Waals surface area contributed by atoms with Gasteiger partial charge in [-0.05, 0) is 43.9 Å². The van der Waals surface area contributed by atoms with E-state index < -0.39 is 16.6 Å². The van der Waals surface area contributed by atoms with Crippen LogP contribution in [-0.2, 0) is 9.53 Å². The lowest BCUT2D eigenvalue weighted by Gasteiger charge is -2.64. The molecule has 3 aliphatic rings. The zero-order valence-electron chi connectivity index (χ0n) is 20.6. The summed E-state index contributed by atoms with van der Waals surface area (Å²) in [6, 6.07) is 0. The first-order chi connectivity index (χ1) is 13.6. The molecule has 0 spiro atoms. The second-order valence-corrected chi connectivity index (χ2v) is 12.1. The summed E-state index contributed by atoms with van der Waals surface area (Å²) in [6.45, 7) is 19.1. The zero-order chi connectivity index (χ0) is 22.9. The van der Waals surface area contributed by atoms with Crippen LogP contribution >= 0.6 is 0 Å². The fraction of sp³-hybridized carbons (Fsp3) is 0.885. The molecule has 8 atom stereocenters. The van der Waals surface area contributed by atoms with E-state index in [0.717, 1.165) is 0 Å². The second-order valence-electron chi connectivity index (χ2n) is 12.1. The molecule has 0 bridgehead atoms. The molecule has 0 aromatic heterocycles. The van der Waals surface area contributed by atoms with Gasteiger partial charge in [0.25, 0.3) is 0 Å². The fourth-order valence-corrected chi connectivity index (χ4v) is 7.20. The van der Waals surface area contributed by atoms with Gasteiger partial charge in [0.1, 0.15) is 11.4 Å². The summed E-state index contributed by atoms with van der Waals surface area (Å²) in [7, 11) is 0. The smallest absolute Gasteiger partial charge is 0.141 e. The number of hydrogen-bond acceptors (Lipinski definition) is 4. The molecule has 0 aromatic carbocycles. The molecule has 30 heavy (non-hydrogen) atoms. The van der Waals surface area contributed by atoms with Crippen LogP contribution in [0.25, 0.3) is 0 Å². The molecule has 4 nitrogen and oxygen atoms in total. The Kier molecular flexibility index (Phi) is 5.92. The molecule has 1 heterocycles. The molecule has 3 rings (SSSR count). The Morgan fingerprint density at radius 3 is 2.30 bits per heavy atom. The van der Waals surface area contributed by atoms with E-state index in [1.54, 1.807) is 0 Å². The Balaban J connectivity index is 2.00. The Hall–Kier alpha value is -0.710. The summed E-state index contributed by atoms with van der Waals surface area (Å²) < 4.78 is 5.78. The maximum Gasteiger partial charge on any atom is 0.141 e. The van der Waals surface area contributed by atoms with Gasteiger partial charge in [0.2, 0.25) is 0 Å². The lowest BCUT2D eigenvalue weighted by molar-refractivity contribution is -0.316. The number of allylic oxidation sites excluding steroid dienone is 1. The van der Waals surface area contributed by atoms with Crippen LogP contribution in [0.1, 0.15) is 81.6 Å². The highest BCUT2D eigenvalue weighted by molar-refractivity contribution is 5.87. The Bertz CT molecular complexity index is 725. The molecule has 1 saturated carbocycles. The molecule has 8 unspecified atom stereocenters. The van der Waals surface area contributed by atoms with E-state index in [4.69, 9.17) is 4.74 Å². The SMILES string of the molecule is CC1=CC(C)(C)C(O)(CC(C)C2C3(O)COC3CC(C)C2(C)C(=O)C(C)C)CC1C. The maximum absolute atomic E-state index is 13.5. The third-order valence-corrected chi connectivity index (χ3v) is 9.34. The van der Waals surface area contributed by atoms with Crippen molar-refractivity contribution in [1.82, 2.24) is 0 Å². The van der Waals surface area contributed by atoms with E-state index >= 15 is 0 Å². The number of Topliss-reactive ketones (excluding diaryl/α,β-unsaturated/α-hetero) is 1. The van der Waals surface area contributed by atoms with Crippen LogP contribution in [-0.4, -0.2) is 39.9 Å². The van der Waals surface area contributed by atoms with Crippen molar-refractivity contribution in [3.05, 3.63) is 11.6 Å². The van der Waals surface area contributed by atoms with Gasteiger partial charge >= 0.3 is 0 Å². The summed E-state index contributed by atoms with van der Waals surface area (Å²) in [5.41, 5.74) is -1.51. The molecule has 172 valence electrons. The number of fused-ring (bicyclic) bond motifs is 1. The molecule has 0 amide bonds. The lowest BCUT2D eigenvalue weighted by atomic mass is 9.47. The molecule has 0 radical (unpaired) electrons. The van der Waals surface area contributed by atoms with Crippen LogP contribution in [0.3, 0.4) is 0 Å². The third kappa shape index (κ3) is 3.33. The summed E-state index contributed by atoms with van der Waals surface area (Å²) in [5, 5.41) is 23.6. The van der Waals surface area contributed by atoms with Crippen molar-refractivity contribution in [2.24, 2.45) is 40.4 Å². The highest BCUT2D eigenvalue weighted by atomic mass is 16.6. The van der Waals surface area contributed by atoms with Gasteiger partial charge in [-0.1, -0.05) is 67.0 Å². The number of rotatable bonds is 5. The number of ketones is 1. The topological polar surface area (TPSA) is 66.8 Å². The molecular formula is C26H44O4. The first-order valence-corrected chi connectivity index (χ1v) is 11.9. The van der Waals surface area contributed by atoms with Crippen molar-refractivity contribution in [2.75, 3.05) is 6.61 Å². The third-order valence-electron chi connectivity index (χ3n) is 9.34. The standard InChI is InChI=1S/C26H44O4/c1-15(2)22(27)24(9)19(6)10-20-26(29,14-30-20)21(24)18(5)13-25(28)12-17(4)16(3)11-23(25,7)8/h11,15,17-21,28-29H,10,12-14H2,1-9H3. The molecule has 2 N–H and O–H groups in total. The second kappa shape index (κ2) is 7.42. The predicted molar refractivity (Wildman–Crippen MR) is 120 cm³/mol. The highest BCUT2D eigenvalue weighted by Gasteiger charge is 2.67. The molecule has 1 saturated heterocycles. The molecular weight excluding hydrogens is 376 g/mol. The van der Waals surface area contributed by atoms with Crippen LogP contribution in [0, 0.1) is 40.4 Å². The Labute approximate surface area is 183 Å². The number of aliphatic hydroxyl groups is 2. The van der Waals surface area contributed by atoms with Crippen molar-refractivity contribution in [2.45, 2.75) is 98.9 Å². The Morgan fingerprint density at radius 2 is 1.80 bits per heavy atom. The summed E-state index contributed by atoms with van der Waals surface area (Å²) >= 11 is 0. The van der Waals surface area contributed by atoms with Crippen molar-refractivity contribution < 1.29 is 19.7 Å². The average molecular weight is 421 g/mol. The van der Waals surface area contributed by atoms with Crippen LogP contribution in [0.2, 0.25) is 0 Å². The van der Waals surface area contributed by atoms with E-state index in [0.29, 0.717) is 25.2 Å². The minimum atomic E-state index is -0.988. The minimum absolute atomic E-state index is 0.0138. The monoisotopic (exact) mass is 420 g/mol. The van der Waals surface area contributed by atoms with Crippen molar-refractivity contribution in [3.63, 3.8) is 0 Å². The van der Waals surface area contributed by atoms with E-state index in [9.17, 15) is 15.0 Å². The normalized spacial score (nSPS) is 46.6. The first-order valence-electron chi connectivity index (χ1n) is 11.9. The van der Waals surface area contributed by atoms with Crippen LogP contribution < -0.4 is 0 Å². The van der Waals surface area contributed by atoms with E-state index in [-0.39, 0.29) is 47.6 Å². The van der Waals surface area contributed by atoms with Gasteiger partial charge in [0, 0.05) is 22.7 Å². The lowest BCUT2D eigenvalue weighted by Crippen LogP contribution is -2.73. The largest absolute Gasteiger partial charge is 0.389 e. The van der Waals surface area contributed by atoms with E-state index in [1.807, 2.05) is 13.8 Å². The van der Waals surface area contributed by atoms with Gasteiger partial charge in [-0.25, -0.2) is 0 Å². The van der Waals surface area contributed by atoms with Crippen LogP contribution in [0.15, 0.2) is 11.6 Å². The number of hydrogen-bond donors (Lipinski definition) is 2. The van der Waals surface area contributed by atoms with E-state index in [2.05, 4.69) is 54.5 Å². The predicted octanol–water partition coefficient (Wildman–Crippen LogP) is 4.77. The van der Waals surface area contributed by atoms with Gasteiger partial charge in [0.15, 0.2) is 0 Å². The molecule has 2 aliphatic carbocycles. The van der Waals surface area contributed by atoms with Crippen molar-refractivity contribution in [1.29, 1.82) is 0 Å². The van der Waals surface area contributed by atoms with Gasteiger partial charge in [0.05, 0.1) is 18.3 Å². The van der Waals surface area contributed by atoms with Gasteiger partial charge in [-0.2, -0.15) is 0 Å². The summed E-state index contributed by atoms with van der Waals surface area (Å²) in [5.74, 6) is 0.343.